The van der Waals surface area contributed by atoms with Crippen LogP contribution in [0.25, 0.3) is 10.6 Å². The summed E-state index contributed by atoms with van der Waals surface area (Å²) < 4.78 is 19.7. The highest BCUT2D eigenvalue weighted by Gasteiger charge is 2.24. The van der Waals surface area contributed by atoms with Crippen molar-refractivity contribution in [3.05, 3.63) is 65.7 Å². The van der Waals surface area contributed by atoms with Crippen LogP contribution in [-0.4, -0.2) is 44.6 Å². The maximum atomic E-state index is 12.7. The molecule has 1 aromatic heterocycles. The number of nitrogens with one attached hydrogen (secondary N) is 1. The molecule has 3 aromatic rings. The number of rotatable bonds is 4. The fourth-order valence-electron chi connectivity index (χ4n) is 3.10. The van der Waals surface area contributed by atoms with Crippen LogP contribution in [0.4, 0.5) is 11.4 Å². The van der Waals surface area contributed by atoms with Crippen molar-refractivity contribution in [1.82, 2.24) is 4.98 Å². The van der Waals surface area contributed by atoms with Gasteiger partial charge in [0.15, 0.2) is 0 Å². The van der Waals surface area contributed by atoms with Gasteiger partial charge in [-0.1, -0.05) is 42.5 Å². The Hall–Kier alpha value is -2.39. The molecule has 146 valence electrons. The molecule has 0 spiro atoms. The largest absolute Gasteiger partial charge is 0.367 e. The number of anilines is 2. The summed E-state index contributed by atoms with van der Waals surface area (Å²) in [4.78, 5) is 19.3. The van der Waals surface area contributed by atoms with Gasteiger partial charge in [0.1, 0.15) is 10.7 Å². The van der Waals surface area contributed by atoms with Gasteiger partial charge < -0.3 is 10.2 Å². The molecule has 1 aliphatic heterocycles. The third kappa shape index (κ3) is 4.20. The number of hydrogen-bond donors (Lipinski definition) is 3. The fourth-order valence-corrected chi connectivity index (χ4v) is 5.14. The molecule has 0 bridgehead atoms. The van der Waals surface area contributed by atoms with Gasteiger partial charge in [0.05, 0.1) is 22.9 Å². The summed E-state index contributed by atoms with van der Waals surface area (Å²) >= 11 is 1.44. The quantitative estimate of drug-likeness (QED) is 0.578. The molecule has 28 heavy (non-hydrogen) atoms. The molecule has 0 unspecified atom stereocenters. The lowest BCUT2D eigenvalue weighted by Gasteiger charge is -2.42. The van der Waals surface area contributed by atoms with Crippen molar-refractivity contribution in [2.45, 2.75) is 0 Å². The number of aromatic nitrogens is 1. The van der Waals surface area contributed by atoms with Crippen LogP contribution in [0.3, 0.4) is 0 Å². The van der Waals surface area contributed by atoms with Crippen molar-refractivity contribution in [3.8, 4) is 10.6 Å². The van der Waals surface area contributed by atoms with Gasteiger partial charge in [-0.15, -0.1) is 11.3 Å². The average molecular weight is 416 g/mol. The molecule has 2 aromatic carbocycles. The molecule has 1 saturated heterocycles. The highest BCUT2D eigenvalue weighted by Crippen LogP contribution is 2.42. The molecule has 4 rings (SSSR count). The molecule has 1 aliphatic rings. The van der Waals surface area contributed by atoms with E-state index in [2.05, 4.69) is 15.2 Å². The van der Waals surface area contributed by atoms with Crippen LogP contribution in [0.15, 0.2) is 60.0 Å². The summed E-state index contributed by atoms with van der Waals surface area (Å²) in [6.45, 7) is 1.09. The van der Waals surface area contributed by atoms with Gasteiger partial charge in [-0.25, -0.2) is 4.98 Å². The standard InChI is InChI=1S/C20H21N3O3S2/c24-19(17-14-27-20(22-17)15-6-2-1-3-7-15)21-16-8-4-5-9-18(16)23-10-12-28(25,26)13-11-23/h1-9,14,25-26H,10-13H2,(H,21,24). The second kappa shape index (κ2) is 7.92. The number of hydrogen-bond acceptors (Lipinski definition) is 6. The molecular formula is C20H21N3O3S2. The smallest absolute Gasteiger partial charge is 0.275 e. The maximum Gasteiger partial charge on any atom is 0.275 e. The number of para-hydroxylation sites is 2. The van der Waals surface area contributed by atoms with Crippen molar-refractivity contribution >= 4 is 39.2 Å². The zero-order valence-corrected chi connectivity index (χ0v) is 16.7. The van der Waals surface area contributed by atoms with E-state index in [-0.39, 0.29) is 5.91 Å². The lowest BCUT2D eigenvalue weighted by atomic mass is 10.2. The van der Waals surface area contributed by atoms with E-state index in [1.54, 1.807) is 5.38 Å². The lowest BCUT2D eigenvalue weighted by Crippen LogP contribution is -2.38. The monoisotopic (exact) mass is 415 g/mol. The predicted octanol–water partition coefficient (Wildman–Crippen LogP) is 4.63. The number of benzene rings is 2. The summed E-state index contributed by atoms with van der Waals surface area (Å²) in [6.07, 6.45) is 0. The fraction of sp³-hybridized carbons (Fsp3) is 0.200. The number of carbonyl (C=O) groups is 1. The normalized spacial score (nSPS) is 17.1. The first-order chi connectivity index (χ1) is 13.5. The van der Waals surface area contributed by atoms with Crippen molar-refractivity contribution in [2.75, 3.05) is 34.8 Å². The first kappa shape index (κ1) is 18.9. The Labute approximate surface area is 169 Å². The highest BCUT2D eigenvalue weighted by molar-refractivity contribution is 8.24. The molecule has 6 nitrogen and oxygen atoms in total. The van der Waals surface area contributed by atoms with E-state index < -0.39 is 10.6 Å². The third-order valence-corrected chi connectivity index (χ3v) is 7.19. The van der Waals surface area contributed by atoms with Crippen LogP contribution in [0.1, 0.15) is 10.5 Å². The van der Waals surface area contributed by atoms with E-state index >= 15 is 0 Å². The lowest BCUT2D eigenvalue weighted by molar-refractivity contribution is 0.102. The van der Waals surface area contributed by atoms with E-state index in [0.29, 0.717) is 36.0 Å². The summed E-state index contributed by atoms with van der Waals surface area (Å²) in [6, 6.07) is 17.3. The second-order valence-corrected chi connectivity index (χ2v) is 9.85. The van der Waals surface area contributed by atoms with Crippen molar-refractivity contribution in [1.29, 1.82) is 0 Å². The van der Waals surface area contributed by atoms with E-state index in [1.165, 1.54) is 11.3 Å². The van der Waals surface area contributed by atoms with Gasteiger partial charge in [0, 0.05) is 24.0 Å². The molecular weight excluding hydrogens is 394 g/mol. The van der Waals surface area contributed by atoms with Crippen LogP contribution in [0, 0.1) is 0 Å². The maximum absolute atomic E-state index is 12.7. The van der Waals surface area contributed by atoms with Crippen molar-refractivity contribution in [2.24, 2.45) is 0 Å². The van der Waals surface area contributed by atoms with E-state index in [9.17, 15) is 13.9 Å². The van der Waals surface area contributed by atoms with Crippen LogP contribution in [-0.2, 0) is 0 Å². The molecule has 0 atom stereocenters. The van der Waals surface area contributed by atoms with E-state index in [4.69, 9.17) is 0 Å². The van der Waals surface area contributed by atoms with Gasteiger partial charge in [-0.2, -0.15) is 10.6 Å². The van der Waals surface area contributed by atoms with Crippen LogP contribution >= 0.6 is 21.9 Å². The Kier molecular flexibility index (Phi) is 5.36. The Balaban J connectivity index is 1.51. The minimum atomic E-state index is -2.46. The Morgan fingerprint density at radius 3 is 2.46 bits per heavy atom. The molecule has 2 heterocycles. The van der Waals surface area contributed by atoms with E-state index in [1.807, 2.05) is 54.6 Å². The minimum absolute atomic E-state index is 0.257. The molecule has 8 heteroatoms. The second-order valence-electron chi connectivity index (χ2n) is 6.57. The predicted molar refractivity (Wildman–Crippen MR) is 117 cm³/mol. The highest BCUT2D eigenvalue weighted by atomic mass is 32.3. The van der Waals surface area contributed by atoms with Crippen LogP contribution in [0.5, 0.6) is 0 Å². The zero-order chi connectivity index (χ0) is 19.6. The number of thiazole rings is 1. The molecule has 0 saturated carbocycles. The van der Waals surface area contributed by atoms with Crippen molar-refractivity contribution in [3.63, 3.8) is 0 Å². The first-order valence-electron chi connectivity index (χ1n) is 8.92. The summed E-state index contributed by atoms with van der Waals surface area (Å²) in [5.41, 5.74) is 2.94. The SMILES string of the molecule is O=C(Nc1ccccc1N1CCS(O)(O)CC1)c1csc(-c2ccccc2)n1. The number of amides is 1. The Morgan fingerprint density at radius 1 is 1.04 bits per heavy atom. The average Bonchev–Trinajstić information content (AvgIpc) is 3.20. The molecule has 0 aliphatic carbocycles. The Morgan fingerprint density at radius 2 is 1.71 bits per heavy atom. The van der Waals surface area contributed by atoms with Gasteiger partial charge in [0.25, 0.3) is 5.91 Å². The minimum Gasteiger partial charge on any atom is -0.367 e. The van der Waals surface area contributed by atoms with E-state index in [0.717, 1.165) is 16.3 Å². The molecule has 3 N–H and O–H groups in total. The van der Waals surface area contributed by atoms with Crippen LogP contribution < -0.4 is 10.2 Å². The summed E-state index contributed by atoms with van der Waals surface area (Å²) in [5, 5.41) is 5.52. The first-order valence-corrected chi connectivity index (χ1v) is 11.7. The molecule has 1 amide bonds. The Bertz CT molecular complexity index is 966. The van der Waals surface area contributed by atoms with Gasteiger partial charge in [-0.3, -0.25) is 13.9 Å². The van der Waals surface area contributed by atoms with Gasteiger partial charge in [0.2, 0.25) is 0 Å². The molecule has 0 radical (unpaired) electrons. The van der Waals surface area contributed by atoms with Crippen molar-refractivity contribution < 1.29 is 13.9 Å². The third-order valence-electron chi connectivity index (χ3n) is 4.63. The topological polar surface area (TPSA) is 85.7 Å². The number of carbonyl (C=O) groups excluding carboxylic acids is 1. The number of nitrogens with zero attached hydrogens (tertiary/aromatic N) is 2. The zero-order valence-electron chi connectivity index (χ0n) is 15.1. The summed E-state index contributed by atoms with van der Waals surface area (Å²) in [5.74, 6) is 0.441. The summed E-state index contributed by atoms with van der Waals surface area (Å²) in [7, 11) is -2.46. The van der Waals surface area contributed by atoms with Gasteiger partial charge in [-0.05, 0) is 12.1 Å². The molecule has 1 fully saturated rings. The van der Waals surface area contributed by atoms with Gasteiger partial charge >= 0.3 is 0 Å². The van der Waals surface area contributed by atoms with Crippen LogP contribution in [0.2, 0.25) is 0 Å².